The molecule has 0 bridgehead atoms. The SMILES string of the molecule is C=CCNCC1CCCC(Cl)C1. The summed E-state index contributed by atoms with van der Waals surface area (Å²) in [6.45, 7) is 5.70. The van der Waals surface area contributed by atoms with Crippen LogP contribution < -0.4 is 5.32 Å². The maximum atomic E-state index is 6.08. The van der Waals surface area contributed by atoms with Crippen LogP contribution in [0.4, 0.5) is 0 Å². The lowest BCUT2D eigenvalue weighted by Gasteiger charge is -2.25. The zero-order valence-electron chi connectivity index (χ0n) is 7.56. The molecule has 0 aromatic carbocycles. The number of rotatable bonds is 4. The van der Waals surface area contributed by atoms with E-state index in [4.69, 9.17) is 11.6 Å². The summed E-state index contributed by atoms with van der Waals surface area (Å²) in [5, 5.41) is 3.77. The molecule has 0 aromatic rings. The van der Waals surface area contributed by atoms with E-state index >= 15 is 0 Å². The zero-order valence-corrected chi connectivity index (χ0v) is 8.32. The van der Waals surface area contributed by atoms with E-state index in [0.717, 1.165) is 19.0 Å². The highest BCUT2D eigenvalue weighted by Crippen LogP contribution is 2.27. The van der Waals surface area contributed by atoms with Crippen LogP contribution in [0.5, 0.6) is 0 Å². The second kappa shape index (κ2) is 5.60. The van der Waals surface area contributed by atoms with Gasteiger partial charge in [-0.25, -0.2) is 0 Å². The van der Waals surface area contributed by atoms with Crippen LogP contribution in [0.25, 0.3) is 0 Å². The third-order valence-corrected chi connectivity index (χ3v) is 2.84. The molecule has 1 rings (SSSR count). The fraction of sp³-hybridized carbons (Fsp3) is 0.800. The summed E-state index contributed by atoms with van der Waals surface area (Å²) in [5.74, 6) is 0.793. The van der Waals surface area contributed by atoms with Crippen LogP contribution in [0.3, 0.4) is 0 Å². The Labute approximate surface area is 80.2 Å². The van der Waals surface area contributed by atoms with E-state index in [2.05, 4.69) is 11.9 Å². The average molecular weight is 188 g/mol. The lowest BCUT2D eigenvalue weighted by Crippen LogP contribution is -2.27. The van der Waals surface area contributed by atoms with Crippen LogP contribution in [0.2, 0.25) is 0 Å². The van der Waals surface area contributed by atoms with Gasteiger partial charge in [0.2, 0.25) is 0 Å². The third kappa shape index (κ3) is 3.59. The van der Waals surface area contributed by atoms with Crippen LogP contribution >= 0.6 is 11.6 Å². The Hall–Kier alpha value is -0.0100. The van der Waals surface area contributed by atoms with Crippen molar-refractivity contribution in [3.8, 4) is 0 Å². The van der Waals surface area contributed by atoms with Gasteiger partial charge in [0.25, 0.3) is 0 Å². The molecule has 1 saturated carbocycles. The fourth-order valence-electron chi connectivity index (χ4n) is 1.80. The highest BCUT2D eigenvalue weighted by molar-refractivity contribution is 6.20. The average Bonchev–Trinajstić information content (AvgIpc) is 2.05. The Morgan fingerprint density at radius 1 is 1.50 bits per heavy atom. The summed E-state index contributed by atoms with van der Waals surface area (Å²) >= 11 is 6.08. The second-order valence-corrected chi connectivity index (χ2v) is 4.19. The molecule has 2 unspecified atom stereocenters. The smallest absolute Gasteiger partial charge is 0.0339 e. The number of alkyl halides is 1. The molecule has 0 heterocycles. The van der Waals surface area contributed by atoms with Crippen molar-refractivity contribution in [3.05, 3.63) is 12.7 Å². The Bertz CT molecular complexity index is 136. The van der Waals surface area contributed by atoms with Gasteiger partial charge in [0.05, 0.1) is 0 Å². The summed E-state index contributed by atoms with van der Waals surface area (Å²) in [4.78, 5) is 0. The number of nitrogens with one attached hydrogen (secondary N) is 1. The molecule has 2 atom stereocenters. The van der Waals surface area contributed by atoms with Crippen molar-refractivity contribution in [1.82, 2.24) is 5.32 Å². The largest absolute Gasteiger partial charge is 0.313 e. The second-order valence-electron chi connectivity index (χ2n) is 3.58. The van der Waals surface area contributed by atoms with Gasteiger partial charge in [-0.05, 0) is 31.7 Å². The Balaban J connectivity index is 2.09. The molecule has 12 heavy (non-hydrogen) atoms. The Morgan fingerprint density at radius 3 is 3.00 bits per heavy atom. The molecule has 0 spiro atoms. The molecule has 0 radical (unpaired) electrons. The van der Waals surface area contributed by atoms with Gasteiger partial charge in [0, 0.05) is 11.9 Å². The van der Waals surface area contributed by atoms with E-state index in [-0.39, 0.29) is 0 Å². The predicted octanol–water partition coefficient (Wildman–Crippen LogP) is 2.56. The molecule has 0 aliphatic heterocycles. The molecule has 1 aliphatic rings. The Morgan fingerprint density at radius 2 is 2.33 bits per heavy atom. The van der Waals surface area contributed by atoms with E-state index < -0.39 is 0 Å². The van der Waals surface area contributed by atoms with E-state index in [1.165, 1.54) is 25.7 Å². The van der Waals surface area contributed by atoms with E-state index in [0.29, 0.717) is 5.38 Å². The van der Waals surface area contributed by atoms with Gasteiger partial charge in [0.1, 0.15) is 0 Å². The van der Waals surface area contributed by atoms with Crippen molar-refractivity contribution in [1.29, 1.82) is 0 Å². The minimum atomic E-state index is 0.425. The highest BCUT2D eigenvalue weighted by Gasteiger charge is 2.19. The van der Waals surface area contributed by atoms with Crippen molar-refractivity contribution >= 4 is 11.6 Å². The first-order chi connectivity index (χ1) is 5.83. The fourth-order valence-corrected chi connectivity index (χ4v) is 2.21. The monoisotopic (exact) mass is 187 g/mol. The van der Waals surface area contributed by atoms with Gasteiger partial charge in [-0.2, -0.15) is 0 Å². The maximum absolute atomic E-state index is 6.08. The van der Waals surface area contributed by atoms with Gasteiger partial charge < -0.3 is 5.32 Å². The van der Waals surface area contributed by atoms with Crippen molar-refractivity contribution in [2.45, 2.75) is 31.1 Å². The molecular weight excluding hydrogens is 170 g/mol. The quantitative estimate of drug-likeness (QED) is 0.405. The van der Waals surface area contributed by atoms with Crippen molar-refractivity contribution < 1.29 is 0 Å². The summed E-state index contributed by atoms with van der Waals surface area (Å²) in [6, 6.07) is 0. The van der Waals surface area contributed by atoms with Gasteiger partial charge in [-0.3, -0.25) is 0 Å². The van der Waals surface area contributed by atoms with Crippen LogP contribution in [0.1, 0.15) is 25.7 Å². The molecule has 1 N–H and O–H groups in total. The molecule has 0 aromatic heterocycles. The van der Waals surface area contributed by atoms with Crippen LogP contribution in [0.15, 0.2) is 12.7 Å². The van der Waals surface area contributed by atoms with E-state index in [1.807, 2.05) is 6.08 Å². The molecule has 70 valence electrons. The Kier molecular flexibility index (Phi) is 4.70. The minimum Gasteiger partial charge on any atom is -0.313 e. The third-order valence-electron chi connectivity index (χ3n) is 2.44. The van der Waals surface area contributed by atoms with E-state index in [9.17, 15) is 0 Å². The van der Waals surface area contributed by atoms with Crippen molar-refractivity contribution in [2.75, 3.05) is 13.1 Å². The standard InChI is InChI=1S/C10H18ClN/c1-2-6-12-8-9-4-3-5-10(11)7-9/h2,9-10,12H,1,3-8H2. The summed E-state index contributed by atoms with van der Waals surface area (Å²) in [6.07, 6.45) is 6.94. The number of halogens is 1. The zero-order chi connectivity index (χ0) is 8.81. The van der Waals surface area contributed by atoms with Crippen LogP contribution in [-0.2, 0) is 0 Å². The van der Waals surface area contributed by atoms with Gasteiger partial charge in [0.15, 0.2) is 0 Å². The van der Waals surface area contributed by atoms with E-state index in [1.54, 1.807) is 0 Å². The first kappa shape index (κ1) is 10.1. The lowest BCUT2D eigenvalue weighted by atomic mass is 9.89. The molecule has 1 fully saturated rings. The number of hydrogen-bond acceptors (Lipinski definition) is 1. The first-order valence-corrected chi connectivity index (χ1v) is 5.22. The summed E-state index contributed by atoms with van der Waals surface area (Å²) in [5.41, 5.74) is 0. The van der Waals surface area contributed by atoms with Crippen LogP contribution in [0, 0.1) is 5.92 Å². The molecule has 1 nitrogen and oxygen atoms in total. The van der Waals surface area contributed by atoms with Crippen molar-refractivity contribution in [3.63, 3.8) is 0 Å². The summed E-state index contributed by atoms with van der Waals surface area (Å²) < 4.78 is 0. The first-order valence-electron chi connectivity index (χ1n) is 4.78. The van der Waals surface area contributed by atoms with Gasteiger partial charge in [-0.1, -0.05) is 12.5 Å². The topological polar surface area (TPSA) is 12.0 Å². The molecule has 1 aliphatic carbocycles. The molecule has 2 heteroatoms. The molecule has 0 amide bonds. The number of hydrogen-bond donors (Lipinski definition) is 1. The minimum absolute atomic E-state index is 0.425. The normalized spacial score (nSPS) is 30.1. The molecular formula is C10H18ClN. The maximum Gasteiger partial charge on any atom is 0.0339 e. The highest BCUT2D eigenvalue weighted by atomic mass is 35.5. The van der Waals surface area contributed by atoms with Gasteiger partial charge >= 0.3 is 0 Å². The van der Waals surface area contributed by atoms with Crippen LogP contribution in [-0.4, -0.2) is 18.5 Å². The lowest BCUT2D eigenvalue weighted by molar-refractivity contribution is 0.351. The summed E-state index contributed by atoms with van der Waals surface area (Å²) in [7, 11) is 0. The van der Waals surface area contributed by atoms with Gasteiger partial charge in [-0.15, -0.1) is 18.2 Å². The molecule has 0 saturated heterocycles. The van der Waals surface area contributed by atoms with Crippen molar-refractivity contribution in [2.24, 2.45) is 5.92 Å². The predicted molar refractivity (Wildman–Crippen MR) is 54.7 cm³/mol.